The number of nitrogens with one attached hydrogen (secondary N) is 1. The van der Waals surface area contributed by atoms with Gasteiger partial charge in [-0.1, -0.05) is 25.0 Å². The van der Waals surface area contributed by atoms with Gasteiger partial charge < -0.3 is 5.32 Å². The quantitative estimate of drug-likeness (QED) is 0.865. The SMILES string of the molecule is O=C(NC1CCCC1)c1ccc(CN2C(=O)CCC2=O)cc1. The van der Waals surface area contributed by atoms with Crippen molar-refractivity contribution in [2.45, 2.75) is 51.1 Å². The van der Waals surface area contributed by atoms with Gasteiger partial charge in [0.2, 0.25) is 11.8 Å². The third-order valence-corrected chi connectivity index (χ3v) is 4.40. The molecule has 22 heavy (non-hydrogen) atoms. The highest BCUT2D eigenvalue weighted by atomic mass is 16.2. The summed E-state index contributed by atoms with van der Waals surface area (Å²) in [4.78, 5) is 36.6. The number of amides is 3. The average Bonchev–Trinajstić information content (AvgIpc) is 3.13. The zero-order valence-electron chi connectivity index (χ0n) is 12.5. The Kier molecular flexibility index (Phi) is 4.22. The molecule has 5 heteroatoms. The van der Waals surface area contributed by atoms with Crippen LogP contribution in [0.15, 0.2) is 24.3 Å². The van der Waals surface area contributed by atoms with Gasteiger partial charge >= 0.3 is 0 Å². The molecular weight excluding hydrogens is 280 g/mol. The van der Waals surface area contributed by atoms with Crippen LogP contribution in [0.4, 0.5) is 0 Å². The number of hydrogen-bond acceptors (Lipinski definition) is 3. The van der Waals surface area contributed by atoms with Crippen molar-refractivity contribution in [1.82, 2.24) is 10.2 Å². The smallest absolute Gasteiger partial charge is 0.251 e. The summed E-state index contributed by atoms with van der Waals surface area (Å²) in [5.74, 6) is -0.284. The fourth-order valence-electron chi connectivity index (χ4n) is 3.08. The minimum Gasteiger partial charge on any atom is -0.349 e. The lowest BCUT2D eigenvalue weighted by Gasteiger charge is -2.14. The van der Waals surface area contributed by atoms with E-state index in [9.17, 15) is 14.4 Å². The summed E-state index contributed by atoms with van der Waals surface area (Å²) >= 11 is 0. The van der Waals surface area contributed by atoms with E-state index in [0.29, 0.717) is 31.0 Å². The fourth-order valence-corrected chi connectivity index (χ4v) is 3.08. The first kappa shape index (κ1) is 14.8. The van der Waals surface area contributed by atoms with E-state index in [1.54, 1.807) is 12.1 Å². The van der Waals surface area contributed by atoms with E-state index < -0.39 is 0 Å². The summed E-state index contributed by atoms with van der Waals surface area (Å²) in [5.41, 5.74) is 1.48. The van der Waals surface area contributed by atoms with Crippen LogP contribution in [-0.4, -0.2) is 28.7 Å². The maximum Gasteiger partial charge on any atom is 0.251 e. The monoisotopic (exact) mass is 300 g/mol. The Morgan fingerprint density at radius 3 is 2.23 bits per heavy atom. The summed E-state index contributed by atoms with van der Waals surface area (Å²) in [6.45, 7) is 0.294. The molecule has 1 N–H and O–H groups in total. The number of carbonyl (C=O) groups excluding carboxylic acids is 3. The van der Waals surface area contributed by atoms with Crippen molar-refractivity contribution in [1.29, 1.82) is 0 Å². The number of imide groups is 1. The van der Waals surface area contributed by atoms with Gasteiger partial charge in [0.1, 0.15) is 0 Å². The molecule has 3 rings (SSSR count). The zero-order chi connectivity index (χ0) is 15.5. The van der Waals surface area contributed by atoms with Crippen LogP contribution < -0.4 is 5.32 Å². The summed E-state index contributed by atoms with van der Waals surface area (Å²) < 4.78 is 0. The minimum atomic E-state index is -0.118. The molecule has 116 valence electrons. The molecule has 1 aliphatic carbocycles. The molecule has 3 amide bonds. The first-order valence-corrected chi connectivity index (χ1v) is 7.86. The van der Waals surface area contributed by atoms with Gasteiger partial charge in [-0.05, 0) is 30.5 Å². The summed E-state index contributed by atoms with van der Waals surface area (Å²) in [6.07, 6.45) is 5.09. The molecular formula is C17H20N2O3. The van der Waals surface area contributed by atoms with Crippen molar-refractivity contribution in [3.8, 4) is 0 Å². The standard InChI is InChI=1S/C17H20N2O3/c20-15-9-10-16(21)19(15)11-12-5-7-13(8-6-12)17(22)18-14-3-1-2-4-14/h5-8,14H,1-4,9-11H2,(H,18,22). The van der Waals surface area contributed by atoms with Crippen LogP contribution in [0.5, 0.6) is 0 Å². The van der Waals surface area contributed by atoms with Crippen LogP contribution in [0.25, 0.3) is 0 Å². The lowest BCUT2D eigenvalue weighted by atomic mass is 10.1. The molecule has 0 spiro atoms. The predicted octanol–water partition coefficient (Wildman–Crippen LogP) is 2.01. The van der Waals surface area contributed by atoms with Gasteiger partial charge in [-0.25, -0.2) is 0 Å². The molecule has 5 nitrogen and oxygen atoms in total. The van der Waals surface area contributed by atoms with Gasteiger partial charge in [-0.15, -0.1) is 0 Å². The Balaban J connectivity index is 1.61. The molecule has 1 aliphatic heterocycles. The number of nitrogens with zero attached hydrogens (tertiary/aromatic N) is 1. The van der Waals surface area contributed by atoms with E-state index in [4.69, 9.17) is 0 Å². The van der Waals surface area contributed by atoms with Gasteiger partial charge in [0, 0.05) is 24.4 Å². The third kappa shape index (κ3) is 3.18. The highest BCUT2D eigenvalue weighted by molar-refractivity contribution is 6.01. The maximum atomic E-state index is 12.1. The predicted molar refractivity (Wildman–Crippen MR) is 81.0 cm³/mol. The van der Waals surface area contributed by atoms with Crippen molar-refractivity contribution < 1.29 is 14.4 Å². The summed E-state index contributed by atoms with van der Waals surface area (Å²) in [7, 11) is 0. The molecule has 0 atom stereocenters. The van der Waals surface area contributed by atoms with E-state index in [1.807, 2.05) is 12.1 Å². The maximum absolute atomic E-state index is 12.1. The van der Waals surface area contributed by atoms with E-state index >= 15 is 0 Å². The minimum absolute atomic E-state index is 0.0493. The first-order chi connectivity index (χ1) is 10.6. The van der Waals surface area contributed by atoms with E-state index in [2.05, 4.69) is 5.32 Å². The van der Waals surface area contributed by atoms with Crippen LogP contribution in [-0.2, 0) is 16.1 Å². The van der Waals surface area contributed by atoms with E-state index in [0.717, 1.165) is 18.4 Å². The van der Waals surface area contributed by atoms with Gasteiger partial charge in [0.15, 0.2) is 0 Å². The van der Waals surface area contributed by atoms with Gasteiger partial charge in [-0.3, -0.25) is 19.3 Å². The van der Waals surface area contributed by atoms with Crippen molar-refractivity contribution >= 4 is 17.7 Å². The van der Waals surface area contributed by atoms with Gasteiger partial charge in [0.25, 0.3) is 5.91 Å². The number of hydrogen-bond donors (Lipinski definition) is 1. The van der Waals surface area contributed by atoms with Crippen LogP contribution in [0.2, 0.25) is 0 Å². The van der Waals surface area contributed by atoms with Gasteiger partial charge in [0.05, 0.1) is 6.54 Å². The summed E-state index contributed by atoms with van der Waals surface area (Å²) in [5, 5.41) is 3.04. The normalized spacial score (nSPS) is 19.0. The molecule has 1 saturated heterocycles. The summed E-state index contributed by atoms with van der Waals surface area (Å²) in [6, 6.07) is 7.42. The number of rotatable bonds is 4. The second-order valence-electron chi connectivity index (χ2n) is 6.03. The highest BCUT2D eigenvalue weighted by Gasteiger charge is 2.28. The van der Waals surface area contributed by atoms with Crippen molar-refractivity contribution in [3.63, 3.8) is 0 Å². The number of carbonyl (C=O) groups is 3. The molecule has 1 saturated carbocycles. The largest absolute Gasteiger partial charge is 0.349 e. The van der Waals surface area contributed by atoms with E-state index in [-0.39, 0.29) is 17.7 Å². The second kappa shape index (κ2) is 6.30. The molecule has 2 fully saturated rings. The average molecular weight is 300 g/mol. The Labute approximate surface area is 129 Å². The Bertz CT molecular complexity index is 572. The Morgan fingerprint density at radius 2 is 1.64 bits per heavy atom. The highest BCUT2D eigenvalue weighted by Crippen LogP contribution is 2.19. The second-order valence-corrected chi connectivity index (χ2v) is 6.03. The third-order valence-electron chi connectivity index (χ3n) is 4.40. The lowest BCUT2D eigenvalue weighted by Crippen LogP contribution is -2.32. The van der Waals surface area contributed by atoms with Crippen LogP contribution in [0, 0.1) is 0 Å². The van der Waals surface area contributed by atoms with Crippen LogP contribution in [0.3, 0.4) is 0 Å². The molecule has 0 radical (unpaired) electrons. The molecule has 0 unspecified atom stereocenters. The number of likely N-dealkylation sites (tertiary alicyclic amines) is 1. The zero-order valence-corrected chi connectivity index (χ0v) is 12.5. The van der Waals surface area contributed by atoms with E-state index in [1.165, 1.54) is 17.7 Å². The molecule has 0 bridgehead atoms. The molecule has 0 aromatic heterocycles. The molecule has 2 aliphatic rings. The number of benzene rings is 1. The molecule has 1 aromatic carbocycles. The Morgan fingerprint density at radius 1 is 1.05 bits per heavy atom. The topological polar surface area (TPSA) is 66.5 Å². The first-order valence-electron chi connectivity index (χ1n) is 7.86. The Hall–Kier alpha value is -2.17. The molecule has 1 heterocycles. The van der Waals surface area contributed by atoms with Crippen molar-refractivity contribution in [2.24, 2.45) is 0 Å². The fraction of sp³-hybridized carbons (Fsp3) is 0.471. The van der Waals surface area contributed by atoms with Crippen molar-refractivity contribution in [2.75, 3.05) is 0 Å². The van der Waals surface area contributed by atoms with Crippen LogP contribution in [0.1, 0.15) is 54.4 Å². The van der Waals surface area contributed by atoms with Crippen LogP contribution >= 0.6 is 0 Å². The lowest BCUT2D eigenvalue weighted by molar-refractivity contribution is -0.139. The van der Waals surface area contributed by atoms with Gasteiger partial charge in [-0.2, -0.15) is 0 Å². The van der Waals surface area contributed by atoms with Crippen molar-refractivity contribution in [3.05, 3.63) is 35.4 Å². The molecule has 1 aromatic rings.